The molecule has 1 aromatic rings. The molecule has 0 amide bonds. The smallest absolute Gasteiger partial charge is 0.144 e. The second-order valence-electron chi connectivity index (χ2n) is 2.63. The molecule has 11 heavy (non-hydrogen) atoms. The predicted octanol–water partition coefficient (Wildman–Crippen LogP) is 0.879. The van der Waals surface area contributed by atoms with Crippen LogP contribution in [0.1, 0.15) is 13.8 Å². The van der Waals surface area contributed by atoms with E-state index < -0.39 is 0 Å². The van der Waals surface area contributed by atoms with Crippen LogP contribution in [0.2, 0.25) is 0 Å². The first kappa shape index (κ1) is 7.78. The molecule has 60 valence electrons. The van der Waals surface area contributed by atoms with Gasteiger partial charge in [-0.1, -0.05) is 0 Å². The van der Waals surface area contributed by atoms with Gasteiger partial charge < -0.3 is 11.1 Å². The lowest BCUT2D eigenvalue weighted by molar-refractivity contribution is 0.886. The second-order valence-corrected chi connectivity index (χ2v) is 2.63. The topological polar surface area (TPSA) is 63.8 Å². The summed E-state index contributed by atoms with van der Waals surface area (Å²) in [5.74, 6) is 1.20. The Bertz CT molecular complexity index is 216. The van der Waals surface area contributed by atoms with Gasteiger partial charge in [0.2, 0.25) is 0 Å². The van der Waals surface area contributed by atoms with Crippen molar-refractivity contribution in [1.82, 2.24) is 9.97 Å². The molecule has 4 nitrogen and oxygen atoms in total. The van der Waals surface area contributed by atoms with E-state index in [1.807, 2.05) is 13.8 Å². The van der Waals surface area contributed by atoms with Crippen LogP contribution in [0.15, 0.2) is 12.4 Å². The number of aromatic nitrogens is 2. The van der Waals surface area contributed by atoms with Gasteiger partial charge in [0, 0.05) is 6.04 Å². The fourth-order valence-electron chi connectivity index (χ4n) is 0.708. The highest BCUT2D eigenvalue weighted by atomic mass is 15.0. The number of hydrogen-bond acceptors (Lipinski definition) is 4. The van der Waals surface area contributed by atoms with Crippen molar-refractivity contribution >= 4 is 11.6 Å². The fourth-order valence-corrected chi connectivity index (χ4v) is 0.708. The summed E-state index contributed by atoms with van der Waals surface area (Å²) in [6, 6.07) is 0.368. The van der Waals surface area contributed by atoms with Crippen LogP contribution < -0.4 is 11.1 Å². The maximum absolute atomic E-state index is 5.36. The van der Waals surface area contributed by atoms with Crippen LogP contribution in [0.5, 0.6) is 0 Å². The van der Waals surface area contributed by atoms with Crippen LogP contribution in [0, 0.1) is 0 Å². The minimum absolute atomic E-state index is 0.368. The first-order valence-electron chi connectivity index (χ1n) is 3.52. The van der Waals surface area contributed by atoms with Gasteiger partial charge >= 0.3 is 0 Å². The summed E-state index contributed by atoms with van der Waals surface area (Å²) in [5.41, 5.74) is 5.36. The van der Waals surface area contributed by atoms with Crippen LogP contribution in [0.4, 0.5) is 11.6 Å². The van der Waals surface area contributed by atoms with E-state index in [1.165, 1.54) is 6.20 Å². The lowest BCUT2D eigenvalue weighted by atomic mass is 10.4. The fraction of sp³-hybridized carbons (Fsp3) is 0.429. The summed E-state index contributed by atoms with van der Waals surface area (Å²) in [4.78, 5) is 7.90. The molecule has 3 N–H and O–H groups in total. The molecule has 0 saturated carbocycles. The number of rotatable bonds is 2. The predicted molar refractivity (Wildman–Crippen MR) is 45.2 cm³/mol. The lowest BCUT2D eigenvalue weighted by Crippen LogP contribution is -2.11. The van der Waals surface area contributed by atoms with E-state index in [9.17, 15) is 0 Å². The number of hydrogen-bond donors (Lipinski definition) is 2. The Balaban J connectivity index is 2.66. The van der Waals surface area contributed by atoms with Crippen molar-refractivity contribution in [2.75, 3.05) is 11.1 Å². The molecule has 0 aliphatic heterocycles. The Kier molecular flexibility index (Phi) is 2.25. The second kappa shape index (κ2) is 3.18. The van der Waals surface area contributed by atoms with Gasteiger partial charge in [-0.25, -0.2) is 9.97 Å². The third-order valence-corrected chi connectivity index (χ3v) is 1.11. The van der Waals surface area contributed by atoms with E-state index in [4.69, 9.17) is 5.73 Å². The van der Waals surface area contributed by atoms with Crippen molar-refractivity contribution in [2.45, 2.75) is 19.9 Å². The van der Waals surface area contributed by atoms with E-state index in [1.54, 1.807) is 6.20 Å². The minimum atomic E-state index is 0.368. The molecule has 1 aromatic heterocycles. The van der Waals surface area contributed by atoms with E-state index in [-0.39, 0.29) is 0 Å². The Morgan fingerprint density at radius 3 is 2.55 bits per heavy atom. The molecule has 1 rings (SSSR count). The van der Waals surface area contributed by atoms with Crippen LogP contribution >= 0.6 is 0 Å². The largest absolute Gasteiger partial charge is 0.382 e. The summed E-state index contributed by atoms with van der Waals surface area (Å²) in [6.07, 6.45) is 3.15. The number of nitrogens with zero attached hydrogens (tertiary/aromatic N) is 2. The van der Waals surface area contributed by atoms with Crippen LogP contribution in [-0.4, -0.2) is 16.0 Å². The summed E-state index contributed by atoms with van der Waals surface area (Å²) in [7, 11) is 0. The van der Waals surface area contributed by atoms with Crippen molar-refractivity contribution in [3.8, 4) is 0 Å². The van der Waals surface area contributed by atoms with Crippen molar-refractivity contribution in [2.24, 2.45) is 0 Å². The summed E-state index contributed by atoms with van der Waals surface area (Å²) in [5, 5.41) is 3.10. The molecule has 0 bridgehead atoms. The maximum atomic E-state index is 5.36. The van der Waals surface area contributed by atoms with Gasteiger partial charge in [0.1, 0.15) is 11.6 Å². The lowest BCUT2D eigenvalue weighted by Gasteiger charge is -2.07. The average Bonchev–Trinajstić information content (AvgIpc) is 1.93. The highest BCUT2D eigenvalue weighted by Gasteiger charge is 1.95. The SMILES string of the molecule is CC(C)Nc1cnc(N)cn1. The third-order valence-electron chi connectivity index (χ3n) is 1.11. The zero-order chi connectivity index (χ0) is 8.27. The van der Waals surface area contributed by atoms with Crippen molar-refractivity contribution < 1.29 is 0 Å². The molecule has 0 fully saturated rings. The van der Waals surface area contributed by atoms with E-state index in [0.717, 1.165) is 5.82 Å². The molecule has 1 heterocycles. The summed E-state index contributed by atoms with van der Waals surface area (Å²) in [6.45, 7) is 4.08. The zero-order valence-corrected chi connectivity index (χ0v) is 6.70. The first-order valence-corrected chi connectivity index (χ1v) is 3.52. The Hall–Kier alpha value is -1.32. The quantitative estimate of drug-likeness (QED) is 0.660. The standard InChI is InChI=1S/C7H12N4/c1-5(2)11-7-4-9-6(8)3-10-7/h3-5H,1-2H3,(H2,8,9)(H,10,11). The van der Waals surface area contributed by atoms with Gasteiger partial charge in [-0.3, -0.25) is 0 Å². The monoisotopic (exact) mass is 152 g/mol. The molecular formula is C7H12N4. The highest BCUT2D eigenvalue weighted by molar-refractivity contribution is 5.36. The summed E-state index contributed by atoms with van der Waals surface area (Å²) < 4.78 is 0. The van der Waals surface area contributed by atoms with Gasteiger partial charge in [0.05, 0.1) is 12.4 Å². The molecule has 0 spiro atoms. The first-order chi connectivity index (χ1) is 5.18. The van der Waals surface area contributed by atoms with Gasteiger partial charge in [0.15, 0.2) is 0 Å². The molecule has 0 atom stereocenters. The van der Waals surface area contributed by atoms with Crippen molar-refractivity contribution in [3.63, 3.8) is 0 Å². The Labute approximate surface area is 65.9 Å². The van der Waals surface area contributed by atoms with Crippen LogP contribution in [0.25, 0.3) is 0 Å². The Morgan fingerprint density at radius 2 is 2.09 bits per heavy atom. The van der Waals surface area contributed by atoms with E-state index >= 15 is 0 Å². The molecule has 0 radical (unpaired) electrons. The molecule has 0 unspecified atom stereocenters. The van der Waals surface area contributed by atoms with Gasteiger partial charge in [0.25, 0.3) is 0 Å². The molecule has 0 saturated heterocycles. The zero-order valence-electron chi connectivity index (χ0n) is 6.70. The van der Waals surface area contributed by atoms with Gasteiger partial charge in [-0.05, 0) is 13.8 Å². The normalized spacial score (nSPS) is 10.1. The molecule has 0 aliphatic rings. The molecular weight excluding hydrogens is 140 g/mol. The van der Waals surface area contributed by atoms with Crippen molar-refractivity contribution in [3.05, 3.63) is 12.4 Å². The van der Waals surface area contributed by atoms with E-state index in [0.29, 0.717) is 11.9 Å². The van der Waals surface area contributed by atoms with Crippen molar-refractivity contribution in [1.29, 1.82) is 0 Å². The number of nitrogens with two attached hydrogens (primary N) is 1. The third kappa shape index (κ3) is 2.41. The van der Waals surface area contributed by atoms with Crippen LogP contribution in [-0.2, 0) is 0 Å². The minimum Gasteiger partial charge on any atom is -0.382 e. The van der Waals surface area contributed by atoms with Gasteiger partial charge in [-0.2, -0.15) is 0 Å². The van der Waals surface area contributed by atoms with Gasteiger partial charge in [-0.15, -0.1) is 0 Å². The molecule has 0 aliphatic carbocycles. The summed E-state index contributed by atoms with van der Waals surface area (Å²) >= 11 is 0. The Morgan fingerprint density at radius 1 is 1.36 bits per heavy atom. The maximum Gasteiger partial charge on any atom is 0.144 e. The van der Waals surface area contributed by atoms with E-state index in [2.05, 4.69) is 15.3 Å². The number of nitrogen functional groups attached to an aromatic ring is 1. The number of anilines is 2. The van der Waals surface area contributed by atoms with Crippen LogP contribution in [0.3, 0.4) is 0 Å². The molecule has 4 heteroatoms. The average molecular weight is 152 g/mol. The molecule has 0 aromatic carbocycles. The number of nitrogens with one attached hydrogen (secondary N) is 1. The highest BCUT2D eigenvalue weighted by Crippen LogP contribution is 2.02.